The fourth-order valence-corrected chi connectivity index (χ4v) is 2.77. The lowest BCUT2D eigenvalue weighted by atomic mass is 9.87. The summed E-state index contributed by atoms with van der Waals surface area (Å²) in [6.07, 6.45) is 5.71. The van der Waals surface area contributed by atoms with Gasteiger partial charge in [-0.2, -0.15) is 0 Å². The second-order valence-corrected chi connectivity index (χ2v) is 4.86. The van der Waals surface area contributed by atoms with E-state index in [0.29, 0.717) is 11.3 Å². The highest BCUT2D eigenvalue weighted by molar-refractivity contribution is 5.49. The highest BCUT2D eigenvalue weighted by Crippen LogP contribution is 2.40. The van der Waals surface area contributed by atoms with E-state index in [2.05, 4.69) is 14.9 Å². The third-order valence-corrected chi connectivity index (χ3v) is 3.76. The van der Waals surface area contributed by atoms with Gasteiger partial charge in [0.05, 0.1) is 13.7 Å². The molecule has 92 valence electrons. The van der Waals surface area contributed by atoms with E-state index in [1.165, 1.54) is 6.42 Å². The quantitative estimate of drug-likeness (QED) is 0.768. The second-order valence-electron chi connectivity index (χ2n) is 4.86. The van der Waals surface area contributed by atoms with Crippen molar-refractivity contribution in [3.05, 3.63) is 12.4 Å². The summed E-state index contributed by atoms with van der Waals surface area (Å²) in [7, 11) is 1.64. The Kier molecular flexibility index (Phi) is 2.63. The highest BCUT2D eigenvalue weighted by Gasteiger charge is 2.42. The maximum absolute atomic E-state index is 5.53. The first-order valence-electron chi connectivity index (χ1n) is 6.01. The summed E-state index contributed by atoms with van der Waals surface area (Å²) < 4.78 is 10.8. The Morgan fingerprint density at radius 2 is 2.24 bits per heavy atom. The van der Waals surface area contributed by atoms with E-state index in [9.17, 15) is 0 Å². The number of hydrogen-bond donors (Lipinski definition) is 0. The Morgan fingerprint density at radius 3 is 3.00 bits per heavy atom. The number of methoxy groups -OCH3 is 1. The molecule has 0 N–H and O–H groups in total. The van der Waals surface area contributed by atoms with E-state index in [1.54, 1.807) is 19.5 Å². The molecule has 3 rings (SSSR count). The van der Waals surface area contributed by atoms with Gasteiger partial charge in [-0.05, 0) is 12.8 Å². The van der Waals surface area contributed by atoms with E-state index in [-0.39, 0.29) is 0 Å². The smallest absolute Gasteiger partial charge is 0.257 e. The van der Waals surface area contributed by atoms with Crippen LogP contribution in [-0.4, -0.2) is 43.4 Å². The molecule has 1 aromatic heterocycles. The lowest BCUT2D eigenvalue weighted by molar-refractivity contribution is 0.160. The number of aromatic nitrogens is 2. The van der Waals surface area contributed by atoms with Gasteiger partial charge in [-0.25, -0.2) is 9.97 Å². The Bertz CT molecular complexity index is 404. The molecule has 1 aromatic rings. The molecule has 0 bridgehead atoms. The molecule has 0 aliphatic carbocycles. The van der Waals surface area contributed by atoms with Gasteiger partial charge >= 0.3 is 0 Å². The number of rotatable bonds is 2. The van der Waals surface area contributed by atoms with E-state index in [4.69, 9.17) is 9.47 Å². The molecule has 2 fully saturated rings. The van der Waals surface area contributed by atoms with Gasteiger partial charge in [0.15, 0.2) is 5.82 Å². The normalized spacial score (nSPS) is 27.9. The van der Waals surface area contributed by atoms with E-state index in [0.717, 1.165) is 38.5 Å². The topological polar surface area (TPSA) is 47.5 Å². The van der Waals surface area contributed by atoms with Crippen LogP contribution in [0.3, 0.4) is 0 Å². The van der Waals surface area contributed by atoms with Crippen molar-refractivity contribution in [2.45, 2.75) is 12.8 Å². The summed E-state index contributed by atoms with van der Waals surface area (Å²) >= 11 is 0. The molecule has 0 radical (unpaired) electrons. The minimum atomic E-state index is 0.336. The van der Waals surface area contributed by atoms with Crippen molar-refractivity contribution in [1.82, 2.24) is 9.97 Å². The molecular weight excluding hydrogens is 218 g/mol. The van der Waals surface area contributed by atoms with Crippen LogP contribution in [0.25, 0.3) is 0 Å². The minimum Gasteiger partial charge on any atom is -0.478 e. The fourth-order valence-electron chi connectivity index (χ4n) is 2.77. The Balaban J connectivity index is 1.82. The third-order valence-electron chi connectivity index (χ3n) is 3.76. The molecule has 0 aromatic carbocycles. The molecule has 3 heterocycles. The van der Waals surface area contributed by atoms with Gasteiger partial charge in [0.25, 0.3) is 5.88 Å². The predicted molar refractivity (Wildman–Crippen MR) is 63.3 cm³/mol. The molecule has 2 aliphatic heterocycles. The molecule has 1 atom stereocenters. The van der Waals surface area contributed by atoms with Crippen molar-refractivity contribution >= 4 is 5.82 Å². The summed E-state index contributed by atoms with van der Waals surface area (Å²) in [6, 6.07) is 0. The van der Waals surface area contributed by atoms with Crippen LogP contribution in [0, 0.1) is 5.41 Å². The number of hydrogen-bond acceptors (Lipinski definition) is 5. The van der Waals surface area contributed by atoms with Crippen molar-refractivity contribution in [3.8, 4) is 5.88 Å². The largest absolute Gasteiger partial charge is 0.478 e. The number of anilines is 1. The lowest BCUT2D eigenvalue weighted by Crippen LogP contribution is -2.28. The Labute approximate surface area is 101 Å². The van der Waals surface area contributed by atoms with Crippen LogP contribution < -0.4 is 9.64 Å². The van der Waals surface area contributed by atoms with Crippen molar-refractivity contribution in [1.29, 1.82) is 0 Å². The predicted octanol–water partition coefficient (Wildman–Crippen LogP) is 1.10. The van der Waals surface area contributed by atoms with Crippen molar-refractivity contribution in [3.63, 3.8) is 0 Å². The number of ether oxygens (including phenoxy) is 2. The Morgan fingerprint density at radius 1 is 1.35 bits per heavy atom. The Hall–Kier alpha value is -1.36. The number of nitrogens with zero attached hydrogens (tertiary/aromatic N) is 3. The van der Waals surface area contributed by atoms with E-state index < -0.39 is 0 Å². The average Bonchev–Trinajstić information content (AvgIpc) is 3.00. The van der Waals surface area contributed by atoms with Crippen LogP contribution in [0.4, 0.5) is 5.82 Å². The van der Waals surface area contributed by atoms with Crippen LogP contribution in [-0.2, 0) is 4.74 Å². The first kappa shape index (κ1) is 10.8. The lowest BCUT2D eigenvalue weighted by Gasteiger charge is -2.23. The summed E-state index contributed by atoms with van der Waals surface area (Å²) in [4.78, 5) is 10.8. The van der Waals surface area contributed by atoms with E-state index in [1.807, 2.05) is 0 Å². The van der Waals surface area contributed by atoms with Crippen LogP contribution in [0.5, 0.6) is 5.88 Å². The molecule has 2 aliphatic rings. The fraction of sp³-hybridized carbons (Fsp3) is 0.667. The van der Waals surface area contributed by atoms with Gasteiger partial charge in [-0.1, -0.05) is 0 Å². The standard InChI is InChI=1S/C12H17N3O2/c1-16-11-10(13-4-5-14-11)15-6-2-12(8-15)3-7-17-9-12/h4-5H,2-3,6-9H2,1H3/t12-/m1/s1. The van der Waals surface area contributed by atoms with Gasteiger partial charge in [0.2, 0.25) is 0 Å². The van der Waals surface area contributed by atoms with E-state index >= 15 is 0 Å². The maximum atomic E-state index is 5.53. The summed E-state index contributed by atoms with van der Waals surface area (Å²) in [5, 5.41) is 0. The molecule has 1 spiro atoms. The first-order valence-corrected chi connectivity index (χ1v) is 6.01. The van der Waals surface area contributed by atoms with Crippen molar-refractivity contribution < 1.29 is 9.47 Å². The van der Waals surface area contributed by atoms with Crippen molar-refractivity contribution in [2.75, 3.05) is 38.3 Å². The van der Waals surface area contributed by atoms with Crippen LogP contribution in [0.15, 0.2) is 12.4 Å². The molecule has 0 saturated carbocycles. The zero-order chi connectivity index (χ0) is 11.7. The van der Waals surface area contributed by atoms with Gasteiger partial charge in [0, 0.05) is 37.5 Å². The van der Waals surface area contributed by atoms with Gasteiger partial charge < -0.3 is 14.4 Å². The first-order chi connectivity index (χ1) is 8.33. The summed E-state index contributed by atoms with van der Waals surface area (Å²) in [6.45, 7) is 3.79. The van der Waals surface area contributed by atoms with Crippen LogP contribution in [0.1, 0.15) is 12.8 Å². The molecule has 2 saturated heterocycles. The monoisotopic (exact) mass is 235 g/mol. The molecule has 17 heavy (non-hydrogen) atoms. The van der Waals surface area contributed by atoms with Crippen LogP contribution in [0.2, 0.25) is 0 Å². The molecule has 5 nitrogen and oxygen atoms in total. The maximum Gasteiger partial charge on any atom is 0.257 e. The van der Waals surface area contributed by atoms with Gasteiger partial charge in [-0.15, -0.1) is 0 Å². The third kappa shape index (κ3) is 1.84. The zero-order valence-electron chi connectivity index (χ0n) is 10.1. The summed E-state index contributed by atoms with van der Waals surface area (Å²) in [5.74, 6) is 1.47. The van der Waals surface area contributed by atoms with Crippen LogP contribution >= 0.6 is 0 Å². The molecule has 5 heteroatoms. The highest BCUT2D eigenvalue weighted by atomic mass is 16.5. The summed E-state index contributed by atoms with van der Waals surface area (Å²) in [5.41, 5.74) is 0.336. The average molecular weight is 235 g/mol. The SMILES string of the molecule is COc1nccnc1N1CC[C@@]2(CCOC2)C1. The molecular formula is C12H17N3O2. The van der Waals surface area contributed by atoms with Crippen molar-refractivity contribution in [2.24, 2.45) is 5.41 Å². The zero-order valence-corrected chi connectivity index (χ0v) is 10.1. The second kappa shape index (κ2) is 4.14. The van der Waals surface area contributed by atoms with Gasteiger partial charge in [0.1, 0.15) is 0 Å². The van der Waals surface area contributed by atoms with Gasteiger partial charge in [-0.3, -0.25) is 0 Å². The molecule has 0 amide bonds. The molecule has 0 unspecified atom stereocenters. The minimum absolute atomic E-state index is 0.336.